The van der Waals surface area contributed by atoms with Gasteiger partial charge in [-0.3, -0.25) is 9.36 Å². The minimum Gasteiger partial charge on any atom is -0.345 e. The number of hydrogen-bond acceptors (Lipinski definition) is 4. The summed E-state index contributed by atoms with van der Waals surface area (Å²) in [5, 5.41) is 12.1. The maximum Gasteiger partial charge on any atom is 0.417 e. The summed E-state index contributed by atoms with van der Waals surface area (Å²) in [6.45, 7) is 1.94. The number of hydrogen-bond donors (Lipinski definition) is 1. The molecule has 1 amide bonds. The predicted molar refractivity (Wildman–Crippen MR) is 120 cm³/mol. The van der Waals surface area contributed by atoms with Gasteiger partial charge in [-0.2, -0.15) is 13.2 Å². The third-order valence-electron chi connectivity index (χ3n) is 4.47. The number of rotatable bonds is 8. The van der Waals surface area contributed by atoms with Gasteiger partial charge in [0.2, 0.25) is 0 Å². The van der Waals surface area contributed by atoms with Gasteiger partial charge in [0.05, 0.1) is 33.4 Å². The monoisotopic (exact) mass is 502 g/mol. The second-order valence-corrected chi connectivity index (χ2v) is 8.64. The molecule has 32 heavy (non-hydrogen) atoms. The van der Waals surface area contributed by atoms with Gasteiger partial charge in [0, 0.05) is 5.75 Å². The Bertz CT molecular complexity index is 1100. The van der Waals surface area contributed by atoms with E-state index in [0.717, 1.165) is 30.7 Å². The van der Waals surface area contributed by atoms with E-state index in [-0.39, 0.29) is 6.54 Å². The van der Waals surface area contributed by atoms with E-state index in [1.165, 1.54) is 23.9 Å². The topological polar surface area (TPSA) is 59.8 Å². The number of thioether (sulfide) groups is 1. The molecule has 0 saturated heterocycles. The van der Waals surface area contributed by atoms with Gasteiger partial charge < -0.3 is 5.32 Å². The molecule has 3 rings (SSSR count). The first kappa shape index (κ1) is 24.4. The van der Waals surface area contributed by atoms with E-state index in [1.54, 1.807) is 22.8 Å². The van der Waals surface area contributed by atoms with Crippen LogP contribution in [0.2, 0.25) is 10.0 Å². The Kier molecular flexibility index (Phi) is 8.08. The zero-order valence-corrected chi connectivity index (χ0v) is 19.2. The van der Waals surface area contributed by atoms with Gasteiger partial charge in [-0.1, -0.05) is 60.4 Å². The molecule has 1 N–H and O–H groups in total. The summed E-state index contributed by atoms with van der Waals surface area (Å²) in [5.74, 6) is 0.295. The molecule has 0 fully saturated rings. The van der Waals surface area contributed by atoms with Crippen LogP contribution in [0.25, 0.3) is 5.69 Å². The average Bonchev–Trinajstić information content (AvgIpc) is 3.16. The number of carbonyl (C=O) groups is 1. The Hall–Kier alpha value is -2.23. The molecule has 5 nitrogen and oxygen atoms in total. The molecule has 0 atom stereocenters. The minimum absolute atomic E-state index is 0.132. The number of benzene rings is 2. The van der Waals surface area contributed by atoms with E-state index in [9.17, 15) is 18.0 Å². The average molecular weight is 503 g/mol. The number of carbonyl (C=O) groups excluding carboxylic acids is 1. The van der Waals surface area contributed by atoms with Crippen LogP contribution in [0.15, 0.2) is 47.6 Å². The normalized spacial score (nSPS) is 11.6. The van der Waals surface area contributed by atoms with Gasteiger partial charge in [0.15, 0.2) is 11.0 Å². The van der Waals surface area contributed by atoms with Crippen LogP contribution in [0.5, 0.6) is 0 Å². The van der Waals surface area contributed by atoms with Crippen molar-refractivity contribution < 1.29 is 18.0 Å². The molecule has 0 saturated carbocycles. The molecular formula is C21H19Cl2F3N4OS. The molecule has 1 heterocycles. The highest BCUT2D eigenvalue weighted by molar-refractivity contribution is 7.99. The maximum atomic E-state index is 13.2. The molecule has 0 bridgehead atoms. The van der Waals surface area contributed by atoms with Crippen LogP contribution in [0.4, 0.5) is 13.2 Å². The summed E-state index contributed by atoms with van der Waals surface area (Å²) in [5.41, 5.74) is -0.833. The Morgan fingerprint density at radius 2 is 1.88 bits per heavy atom. The van der Waals surface area contributed by atoms with Crippen molar-refractivity contribution in [1.29, 1.82) is 0 Å². The molecule has 170 valence electrons. The first-order valence-corrected chi connectivity index (χ1v) is 11.4. The molecule has 0 spiro atoms. The highest BCUT2D eigenvalue weighted by Crippen LogP contribution is 2.32. The lowest BCUT2D eigenvalue weighted by atomic mass is 10.1. The molecule has 0 aliphatic rings. The van der Waals surface area contributed by atoms with Crippen molar-refractivity contribution in [2.45, 2.75) is 37.6 Å². The molecule has 3 aromatic rings. The lowest BCUT2D eigenvalue weighted by Gasteiger charge is -2.14. The first-order valence-electron chi connectivity index (χ1n) is 9.69. The number of amides is 1. The molecule has 0 aliphatic heterocycles. The summed E-state index contributed by atoms with van der Waals surface area (Å²) in [6.07, 6.45) is -2.66. The molecule has 2 aromatic carbocycles. The van der Waals surface area contributed by atoms with Crippen LogP contribution in [-0.4, -0.2) is 26.4 Å². The lowest BCUT2D eigenvalue weighted by molar-refractivity contribution is -0.137. The van der Waals surface area contributed by atoms with Crippen molar-refractivity contribution in [2.75, 3.05) is 5.75 Å². The van der Waals surface area contributed by atoms with Crippen LogP contribution in [0.1, 0.15) is 41.5 Å². The number of alkyl halides is 3. The largest absolute Gasteiger partial charge is 0.417 e. The molecular weight excluding hydrogens is 484 g/mol. The third-order valence-corrected chi connectivity index (χ3v) is 6.23. The second kappa shape index (κ2) is 10.6. The maximum absolute atomic E-state index is 13.2. The summed E-state index contributed by atoms with van der Waals surface area (Å²) in [7, 11) is 0. The number of unbranched alkanes of at least 4 members (excludes halogenated alkanes) is 1. The Morgan fingerprint density at radius 3 is 2.56 bits per heavy atom. The van der Waals surface area contributed by atoms with E-state index in [1.807, 2.05) is 0 Å². The van der Waals surface area contributed by atoms with Crippen LogP contribution < -0.4 is 5.32 Å². The van der Waals surface area contributed by atoms with Crippen LogP contribution in [0.3, 0.4) is 0 Å². The molecule has 0 radical (unpaired) electrons. The van der Waals surface area contributed by atoms with Crippen molar-refractivity contribution in [2.24, 2.45) is 0 Å². The van der Waals surface area contributed by atoms with E-state index in [0.29, 0.717) is 26.7 Å². The number of aromatic nitrogens is 3. The van der Waals surface area contributed by atoms with Crippen molar-refractivity contribution in [1.82, 2.24) is 20.1 Å². The van der Waals surface area contributed by atoms with Gasteiger partial charge >= 0.3 is 6.18 Å². The fourth-order valence-electron chi connectivity index (χ4n) is 2.88. The highest BCUT2D eigenvalue weighted by atomic mass is 35.5. The zero-order valence-electron chi connectivity index (χ0n) is 16.9. The van der Waals surface area contributed by atoms with Gasteiger partial charge in [0.25, 0.3) is 5.91 Å². The van der Waals surface area contributed by atoms with E-state index >= 15 is 0 Å². The van der Waals surface area contributed by atoms with Crippen LogP contribution >= 0.6 is 35.0 Å². The smallest absolute Gasteiger partial charge is 0.345 e. The van der Waals surface area contributed by atoms with E-state index in [2.05, 4.69) is 22.4 Å². The van der Waals surface area contributed by atoms with Crippen molar-refractivity contribution in [3.8, 4) is 5.69 Å². The quantitative estimate of drug-likeness (QED) is 0.285. The molecule has 1 aromatic heterocycles. The number of halogens is 5. The van der Waals surface area contributed by atoms with E-state index in [4.69, 9.17) is 23.2 Å². The van der Waals surface area contributed by atoms with Gasteiger partial charge in [-0.15, -0.1) is 10.2 Å². The van der Waals surface area contributed by atoms with Gasteiger partial charge in [-0.25, -0.2) is 0 Å². The summed E-state index contributed by atoms with van der Waals surface area (Å²) in [4.78, 5) is 12.5. The highest BCUT2D eigenvalue weighted by Gasteiger charge is 2.34. The Balaban J connectivity index is 1.88. The molecule has 11 heteroatoms. The fourth-order valence-corrected chi connectivity index (χ4v) is 4.23. The minimum atomic E-state index is -4.64. The predicted octanol–water partition coefficient (Wildman–Crippen LogP) is 6.42. The van der Waals surface area contributed by atoms with E-state index < -0.39 is 23.2 Å². The fraction of sp³-hybridized carbons (Fsp3) is 0.286. The van der Waals surface area contributed by atoms with Crippen LogP contribution in [-0.2, 0) is 12.7 Å². The Morgan fingerprint density at radius 1 is 1.12 bits per heavy atom. The summed E-state index contributed by atoms with van der Waals surface area (Å²) >= 11 is 13.7. The molecule has 0 aliphatic carbocycles. The first-order chi connectivity index (χ1) is 15.2. The summed E-state index contributed by atoms with van der Waals surface area (Å²) < 4.78 is 41.4. The standard InChI is InChI=1S/C21H19Cl2F3N4OS/c1-2-3-10-32-20-29-28-18(30(20)13-8-9-16(22)17(23)11-13)12-27-19(31)14-6-4-5-7-15(14)21(24,25)26/h4-9,11H,2-3,10,12H2,1H3,(H,27,31). The number of nitrogens with zero attached hydrogens (tertiary/aromatic N) is 3. The Labute approximate surface area is 197 Å². The lowest BCUT2D eigenvalue weighted by Crippen LogP contribution is -2.27. The SMILES string of the molecule is CCCCSc1nnc(CNC(=O)c2ccccc2C(F)(F)F)n1-c1ccc(Cl)c(Cl)c1. The molecule has 0 unspecified atom stereocenters. The zero-order chi connectivity index (χ0) is 23.3. The van der Waals surface area contributed by atoms with Crippen molar-refractivity contribution in [3.63, 3.8) is 0 Å². The number of nitrogens with one attached hydrogen (secondary N) is 1. The van der Waals surface area contributed by atoms with Gasteiger partial charge in [0.1, 0.15) is 0 Å². The second-order valence-electron chi connectivity index (χ2n) is 6.76. The van der Waals surface area contributed by atoms with Gasteiger partial charge in [-0.05, 0) is 36.8 Å². The van der Waals surface area contributed by atoms with Crippen molar-refractivity contribution in [3.05, 3.63) is 69.5 Å². The third kappa shape index (κ3) is 5.76. The van der Waals surface area contributed by atoms with Crippen molar-refractivity contribution >= 4 is 40.9 Å². The summed E-state index contributed by atoms with van der Waals surface area (Å²) in [6, 6.07) is 9.61. The van der Waals surface area contributed by atoms with Crippen LogP contribution in [0, 0.1) is 0 Å².